The zero-order chi connectivity index (χ0) is 21.3. The molecule has 7 nitrogen and oxygen atoms in total. The van der Waals surface area contributed by atoms with Gasteiger partial charge in [0.1, 0.15) is 13.3 Å². The molecule has 30 heavy (non-hydrogen) atoms. The predicted octanol–water partition coefficient (Wildman–Crippen LogP) is 2.42. The second kappa shape index (κ2) is 8.68. The number of hydrogen-bond acceptors (Lipinski definition) is 7. The standard InChI is InChI=1S/C21H20IN3O4S/c1-27-16-8-13(9-17(28-2)19(16)29-3)10-18-20(26)25-12-24(11-23-21(25)30-18)15-6-4-14(22)5-7-15/h4-10H,11-12H2,1-3H3. The Hall–Kier alpha value is -2.53. The minimum atomic E-state index is -0.0669. The van der Waals surface area contributed by atoms with Gasteiger partial charge in [0.15, 0.2) is 16.3 Å². The number of halogens is 1. The Bertz CT molecular complexity index is 1230. The SMILES string of the molecule is COc1cc(C=c2sc3n(c2=O)CN(c2ccc(I)cc2)CN=3)cc(OC)c1OC. The fraction of sp³-hybridized carbons (Fsp3) is 0.238. The van der Waals surface area contributed by atoms with Crippen LogP contribution in [-0.2, 0) is 6.67 Å². The summed E-state index contributed by atoms with van der Waals surface area (Å²) in [6.45, 7) is 0.988. The number of aromatic nitrogens is 1. The number of thiazole rings is 1. The Labute approximate surface area is 191 Å². The first-order chi connectivity index (χ1) is 14.5. The fourth-order valence-corrected chi connectivity index (χ4v) is 4.59. The van der Waals surface area contributed by atoms with Gasteiger partial charge < -0.3 is 19.1 Å². The molecule has 0 radical (unpaired) electrons. The molecular formula is C21H20IN3O4S. The maximum atomic E-state index is 13.0. The molecule has 0 amide bonds. The van der Waals surface area contributed by atoms with Gasteiger partial charge in [-0.2, -0.15) is 0 Å². The van der Waals surface area contributed by atoms with Gasteiger partial charge in [-0.05, 0) is 70.6 Å². The van der Waals surface area contributed by atoms with E-state index < -0.39 is 0 Å². The van der Waals surface area contributed by atoms with Crippen LogP contribution in [0.1, 0.15) is 5.56 Å². The number of ether oxygens (including phenoxy) is 3. The van der Waals surface area contributed by atoms with Crippen molar-refractivity contribution in [3.8, 4) is 17.2 Å². The van der Waals surface area contributed by atoms with E-state index >= 15 is 0 Å². The minimum absolute atomic E-state index is 0.0669. The summed E-state index contributed by atoms with van der Waals surface area (Å²) in [6.07, 6.45) is 1.83. The van der Waals surface area contributed by atoms with Gasteiger partial charge in [-0.25, -0.2) is 4.99 Å². The summed E-state index contributed by atoms with van der Waals surface area (Å²) in [5.41, 5.74) is 1.76. The molecule has 1 aliphatic rings. The quantitative estimate of drug-likeness (QED) is 0.468. The van der Waals surface area contributed by atoms with Crippen molar-refractivity contribution in [1.29, 1.82) is 0 Å². The molecule has 156 valence electrons. The molecule has 0 fully saturated rings. The van der Waals surface area contributed by atoms with Crippen LogP contribution in [0, 0.1) is 3.57 Å². The molecule has 3 aromatic rings. The summed E-state index contributed by atoms with van der Waals surface area (Å²) >= 11 is 3.66. The first kappa shape index (κ1) is 20.7. The third kappa shape index (κ3) is 3.91. The highest BCUT2D eigenvalue weighted by molar-refractivity contribution is 14.1. The highest BCUT2D eigenvalue weighted by Crippen LogP contribution is 2.38. The largest absolute Gasteiger partial charge is 0.493 e. The molecule has 0 spiro atoms. The van der Waals surface area contributed by atoms with Gasteiger partial charge in [-0.3, -0.25) is 9.36 Å². The van der Waals surface area contributed by atoms with Crippen molar-refractivity contribution < 1.29 is 14.2 Å². The van der Waals surface area contributed by atoms with Crippen LogP contribution in [0.5, 0.6) is 17.2 Å². The normalized spacial score (nSPS) is 13.6. The van der Waals surface area contributed by atoms with Crippen LogP contribution >= 0.6 is 33.9 Å². The number of rotatable bonds is 5. The lowest BCUT2D eigenvalue weighted by molar-refractivity contribution is 0.324. The van der Waals surface area contributed by atoms with Crippen LogP contribution in [0.15, 0.2) is 46.2 Å². The molecule has 0 saturated heterocycles. The second-order valence-electron chi connectivity index (χ2n) is 6.54. The number of nitrogens with zero attached hydrogens (tertiary/aromatic N) is 3. The van der Waals surface area contributed by atoms with Gasteiger partial charge in [-0.1, -0.05) is 11.3 Å². The molecule has 2 heterocycles. The number of anilines is 1. The van der Waals surface area contributed by atoms with Crippen LogP contribution in [0.2, 0.25) is 0 Å². The number of fused-ring (bicyclic) bond motifs is 1. The van der Waals surface area contributed by atoms with Crippen molar-refractivity contribution >= 4 is 45.7 Å². The van der Waals surface area contributed by atoms with Crippen LogP contribution < -0.4 is 34.0 Å². The van der Waals surface area contributed by atoms with E-state index in [-0.39, 0.29) is 5.56 Å². The van der Waals surface area contributed by atoms with E-state index in [0.717, 1.165) is 16.1 Å². The number of benzene rings is 2. The Balaban J connectivity index is 1.73. The van der Waals surface area contributed by atoms with Crippen LogP contribution in [0.4, 0.5) is 5.69 Å². The van der Waals surface area contributed by atoms with Crippen molar-refractivity contribution in [3.05, 3.63) is 65.2 Å². The minimum Gasteiger partial charge on any atom is -0.493 e. The lowest BCUT2D eigenvalue weighted by Crippen LogP contribution is -2.42. The van der Waals surface area contributed by atoms with Crippen LogP contribution in [0.3, 0.4) is 0 Å². The van der Waals surface area contributed by atoms with Crippen molar-refractivity contribution in [3.63, 3.8) is 0 Å². The topological polar surface area (TPSA) is 65.3 Å². The van der Waals surface area contributed by atoms with Gasteiger partial charge in [0.2, 0.25) is 5.75 Å². The predicted molar refractivity (Wildman–Crippen MR) is 126 cm³/mol. The third-order valence-corrected chi connectivity index (χ3v) is 6.52. The second-order valence-corrected chi connectivity index (χ2v) is 8.80. The average molecular weight is 537 g/mol. The molecule has 1 aliphatic heterocycles. The van der Waals surface area contributed by atoms with Crippen molar-refractivity contribution in [2.75, 3.05) is 32.9 Å². The Kier molecular flexibility index (Phi) is 6.00. The molecule has 0 bridgehead atoms. The molecule has 0 N–H and O–H groups in total. The molecule has 1 aromatic heterocycles. The zero-order valence-corrected chi connectivity index (χ0v) is 19.7. The Morgan fingerprint density at radius 1 is 1.07 bits per heavy atom. The van der Waals surface area contributed by atoms with Gasteiger partial charge in [0.25, 0.3) is 5.56 Å². The molecule has 2 aromatic carbocycles. The first-order valence-corrected chi connectivity index (χ1v) is 11.0. The summed E-state index contributed by atoms with van der Waals surface area (Å²) in [5, 5.41) is 0. The van der Waals surface area contributed by atoms with E-state index in [2.05, 4.69) is 32.5 Å². The van der Waals surface area contributed by atoms with E-state index in [4.69, 9.17) is 14.2 Å². The van der Waals surface area contributed by atoms with E-state index in [9.17, 15) is 4.79 Å². The third-order valence-electron chi connectivity index (χ3n) is 4.75. The molecule has 0 unspecified atom stereocenters. The summed E-state index contributed by atoms with van der Waals surface area (Å²) in [6, 6.07) is 11.8. The molecule has 0 saturated carbocycles. The highest BCUT2D eigenvalue weighted by Gasteiger charge is 2.17. The lowest BCUT2D eigenvalue weighted by atomic mass is 10.1. The van der Waals surface area contributed by atoms with E-state index in [1.165, 1.54) is 14.9 Å². The first-order valence-electron chi connectivity index (χ1n) is 9.10. The maximum absolute atomic E-state index is 13.0. The summed E-state index contributed by atoms with van der Waals surface area (Å²) < 4.78 is 19.7. The van der Waals surface area contributed by atoms with Crippen molar-refractivity contribution in [1.82, 2.24) is 4.57 Å². The number of hydrogen-bond donors (Lipinski definition) is 0. The van der Waals surface area contributed by atoms with E-state index in [0.29, 0.717) is 35.1 Å². The Morgan fingerprint density at radius 3 is 2.33 bits per heavy atom. The molecular weight excluding hydrogens is 517 g/mol. The molecule has 0 aliphatic carbocycles. The Morgan fingerprint density at radius 2 is 1.73 bits per heavy atom. The van der Waals surface area contributed by atoms with Crippen molar-refractivity contribution in [2.45, 2.75) is 6.67 Å². The molecule has 4 rings (SSSR count). The smallest absolute Gasteiger partial charge is 0.271 e. The monoisotopic (exact) mass is 537 g/mol. The van der Waals surface area contributed by atoms with Gasteiger partial charge in [0, 0.05) is 9.26 Å². The summed E-state index contributed by atoms with van der Waals surface area (Å²) in [5.74, 6) is 1.60. The van der Waals surface area contributed by atoms with Gasteiger partial charge in [0.05, 0.1) is 25.9 Å². The molecule has 0 atom stereocenters. The zero-order valence-electron chi connectivity index (χ0n) is 16.7. The summed E-state index contributed by atoms with van der Waals surface area (Å²) in [7, 11) is 4.69. The van der Waals surface area contributed by atoms with E-state index in [1.54, 1.807) is 25.9 Å². The molecule has 9 heteroatoms. The lowest BCUT2D eigenvalue weighted by Gasteiger charge is -2.25. The van der Waals surface area contributed by atoms with Gasteiger partial charge in [-0.15, -0.1) is 0 Å². The van der Waals surface area contributed by atoms with Gasteiger partial charge >= 0.3 is 0 Å². The van der Waals surface area contributed by atoms with Crippen molar-refractivity contribution in [2.24, 2.45) is 4.99 Å². The van der Waals surface area contributed by atoms with Crippen LogP contribution in [0.25, 0.3) is 6.08 Å². The fourth-order valence-electron chi connectivity index (χ4n) is 3.26. The highest BCUT2D eigenvalue weighted by atomic mass is 127. The van der Waals surface area contributed by atoms with E-state index in [1.807, 2.05) is 42.5 Å². The van der Waals surface area contributed by atoms with Crippen LogP contribution in [-0.4, -0.2) is 32.6 Å². The summed E-state index contributed by atoms with van der Waals surface area (Å²) in [4.78, 5) is 20.4. The maximum Gasteiger partial charge on any atom is 0.271 e. The number of methoxy groups -OCH3 is 3. The average Bonchev–Trinajstić information content (AvgIpc) is 3.08.